The summed E-state index contributed by atoms with van der Waals surface area (Å²) in [6.07, 6.45) is 2.57. The Labute approximate surface area is 170 Å². The first kappa shape index (κ1) is 18.5. The number of nitrogens with zero attached hydrogens (tertiary/aromatic N) is 3. The van der Waals surface area contributed by atoms with E-state index in [0.717, 1.165) is 10.9 Å². The summed E-state index contributed by atoms with van der Waals surface area (Å²) in [6.45, 7) is 3.84. The van der Waals surface area contributed by atoms with Gasteiger partial charge in [0.2, 0.25) is 5.91 Å². The Morgan fingerprint density at radius 2 is 2.23 bits per heavy atom. The van der Waals surface area contributed by atoms with Crippen molar-refractivity contribution in [3.8, 4) is 16.9 Å². The summed E-state index contributed by atoms with van der Waals surface area (Å²) in [4.78, 5) is 12.0. The van der Waals surface area contributed by atoms with Gasteiger partial charge >= 0.3 is 0 Å². The third-order valence-corrected chi connectivity index (χ3v) is 5.38. The second-order valence-electron chi connectivity index (χ2n) is 7.40. The number of ether oxygens (including phenoxy) is 1. The highest BCUT2D eigenvalue weighted by Gasteiger charge is 2.43. The molecule has 1 aromatic carbocycles. The largest absolute Gasteiger partial charge is 0.489 e. The number of carbonyl (C=O) groups is 1. The molecule has 3 heterocycles. The summed E-state index contributed by atoms with van der Waals surface area (Å²) >= 11 is 0. The predicted molar refractivity (Wildman–Crippen MR) is 108 cm³/mol. The van der Waals surface area contributed by atoms with Gasteiger partial charge in [-0.05, 0) is 49.1 Å². The molecular formula is C21H19F2N5O2. The second-order valence-corrected chi connectivity index (χ2v) is 7.40. The molecule has 2 atom stereocenters. The maximum Gasteiger partial charge on any atom is 0.231 e. The molecule has 30 heavy (non-hydrogen) atoms. The summed E-state index contributed by atoms with van der Waals surface area (Å²) < 4.78 is 35.2. The Hall–Kier alpha value is -3.49. The van der Waals surface area contributed by atoms with E-state index in [9.17, 15) is 9.18 Å². The first-order chi connectivity index (χ1) is 14.5. The minimum Gasteiger partial charge on any atom is -0.489 e. The molecule has 0 radical (unpaired) electrons. The van der Waals surface area contributed by atoms with Gasteiger partial charge in [0.15, 0.2) is 17.4 Å². The van der Waals surface area contributed by atoms with Crippen LogP contribution in [-0.4, -0.2) is 38.5 Å². The number of aromatic nitrogens is 4. The Bertz CT molecular complexity index is 1300. The van der Waals surface area contributed by atoms with Gasteiger partial charge in [-0.15, -0.1) is 0 Å². The zero-order valence-electron chi connectivity index (χ0n) is 16.4. The minimum absolute atomic E-state index is 0.160. The van der Waals surface area contributed by atoms with Crippen LogP contribution in [0, 0.1) is 18.7 Å². The van der Waals surface area contributed by atoms with Crippen LogP contribution >= 0.6 is 0 Å². The number of pyridine rings is 1. The van der Waals surface area contributed by atoms with E-state index in [0.29, 0.717) is 34.6 Å². The molecule has 0 saturated heterocycles. The molecule has 9 heteroatoms. The summed E-state index contributed by atoms with van der Waals surface area (Å²) in [5.74, 6) is -0.882. The van der Waals surface area contributed by atoms with E-state index >= 15 is 4.39 Å². The maximum absolute atomic E-state index is 15.0. The molecule has 1 amide bonds. The lowest BCUT2D eigenvalue weighted by Gasteiger charge is -2.14. The van der Waals surface area contributed by atoms with E-state index in [1.165, 1.54) is 0 Å². The molecule has 5 rings (SSSR count). The van der Waals surface area contributed by atoms with Crippen LogP contribution in [-0.2, 0) is 4.79 Å². The number of carbonyl (C=O) groups excluding carboxylic acids is 1. The van der Waals surface area contributed by atoms with Crippen molar-refractivity contribution in [1.29, 1.82) is 0 Å². The number of halogens is 2. The van der Waals surface area contributed by atoms with Crippen molar-refractivity contribution in [2.24, 2.45) is 5.92 Å². The highest BCUT2D eigenvalue weighted by atomic mass is 19.1. The lowest BCUT2D eigenvalue weighted by molar-refractivity contribution is -0.117. The molecule has 0 bridgehead atoms. The molecule has 2 unspecified atom stereocenters. The van der Waals surface area contributed by atoms with Gasteiger partial charge in [-0.2, -0.15) is 10.2 Å². The van der Waals surface area contributed by atoms with Crippen LogP contribution < -0.4 is 10.1 Å². The standard InChI is InChI=1S/C21H19F2N5O2/c1-3-30-20-18(23)10(2)17(14-9-24-26-19(14)20)11-4-5-28-12(6-11)7-16(27-28)25-21(29)13-8-15(13)22/h4-7,9,13,15H,3,8H2,1-2H3,(H,24,26)(H,25,27,29). The lowest BCUT2D eigenvalue weighted by atomic mass is 9.96. The van der Waals surface area contributed by atoms with Crippen molar-refractivity contribution in [2.75, 3.05) is 11.9 Å². The van der Waals surface area contributed by atoms with E-state index in [4.69, 9.17) is 4.74 Å². The molecule has 4 aromatic rings. The molecule has 1 aliphatic carbocycles. The number of nitrogens with one attached hydrogen (secondary N) is 2. The number of fused-ring (bicyclic) bond motifs is 2. The number of benzene rings is 1. The van der Waals surface area contributed by atoms with Crippen molar-refractivity contribution >= 4 is 28.1 Å². The fraction of sp³-hybridized carbons (Fsp3) is 0.286. The molecule has 3 aromatic heterocycles. The SMILES string of the molecule is CCOc1c(F)c(C)c(-c2ccn3nc(NC(=O)C4CC4F)cc3c2)c2cn[nH]c12. The van der Waals surface area contributed by atoms with Crippen LogP contribution in [0.1, 0.15) is 18.9 Å². The van der Waals surface area contributed by atoms with Gasteiger partial charge in [-0.1, -0.05) is 0 Å². The van der Waals surface area contributed by atoms with E-state index < -0.39 is 17.9 Å². The number of amides is 1. The highest BCUT2D eigenvalue weighted by molar-refractivity contribution is 6.00. The molecule has 1 saturated carbocycles. The number of aromatic amines is 1. The van der Waals surface area contributed by atoms with Gasteiger partial charge in [0.25, 0.3) is 0 Å². The fourth-order valence-electron chi connectivity index (χ4n) is 3.76. The third-order valence-electron chi connectivity index (χ3n) is 5.38. The second kappa shape index (κ2) is 6.79. The summed E-state index contributed by atoms with van der Waals surface area (Å²) in [5.41, 5.74) is 3.14. The smallest absolute Gasteiger partial charge is 0.231 e. The number of H-pyrrole nitrogens is 1. The van der Waals surface area contributed by atoms with Crippen LogP contribution in [0.4, 0.5) is 14.6 Å². The summed E-state index contributed by atoms with van der Waals surface area (Å²) in [7, 11) is 0. The minimum atomic E-state index is -1.07. The van der Waals surface area contributed by atoms with Gasteiger partial charge in [0.1, 0.15) is 11.7 Å². The Morgan fingerprint density at radius 1 is 1.43 bits per heavy atom. The average Bonchev–Trinajstić information content (AvgIpc) is 3.11. The van der Waals surface area contributed by atoms with Gasteiger partial charge in [-0.3, -0.25) is 9.89 Å². The average molecular weight is 411 g/mol. The van der Waals surface area contributed by atoms with Crippen molar-refractivity contribution in [1.82, 2.24) is 19.8 Å². The molecule has 0 spiro atoms. The van der Waals surface area contributed by atoms with Gasteiger partial charge < -0.3 is 10.1 Å². The number of rotatable bonds is 5. The maximum atomic E-state index is 15.0. The van der Waals surface area contributed by atoms with Crippen LogP contribution in [0.25, 0.3) is 27.5 Å². The van der Waals surface area contributed by atoms with E-state index in [1.54, 1.807) is 36.8 Å². The lowest BCUT2D eigenvalue weighted by Crippen LogP contribution is -2.15. The Kier molecular flexibility index (Phi) is 4.19. The molecule has 1 aliphatic rings. The van der Waals surface area contributed by atoms with Crippen LogP contribution in [0.3, 0.4) is 0 Å². The quantitative estimate of drug-likeness (QED) is 0.520. The monoisotopic (exact) mass is 411 g/mol. The number of hydrogen-bond donors (Lipinski definition) is 2. The van der Waals surface area contributed by atoms with Crippen molar-refractivity contribution in [3.05, 3.63) is 42.0 Å². The van der Waals surface area contributed by atoms with Gasteiger partial charge in [0.05, 0.1) is 24.2 Å². The zero-order valence-corrected chi connectivity index (χ0v) is 16.4. The van der Waals surface area contributed by atoms with Crippen molar-refractivity contribution in [3.63, 3.8) is 0 Å². The van der Waals surface area contributed by atoms with Crippen LogP contribution in [0.15, 0.2) is 30.6 Å². The molecule has 2 N–H and O–H groups in total. The fourth-order valence-corrected chi connectivity index (χ4v) is 3.76. The Balaban J connectivity index is 1.57. The molecular weight excluding hydrogens is 392 g/mol. The number of alkyl halides is 1. The van der Waals surface area contributed by atoms with Crippen molar-refractivity contribution < 1.29 is 18.3 Å². The first-order valence-electron chi connectivity index (χ1n) is 9.70. The molecule has 0 aliphatic heterocycles. The highest BCUT2D eigenvalue weighted by Crippen LogP contribution is 2.39. The molecule has 7 nitrogen and oxygen atoms in total. The summed E-state index contributed by atoms with van der Waals surface area (Å²) in [6, 6.07) is 5.37. The van der Waals surface area contributed by atoms with Gasteiger partial charge in [-0.25, -0.2) is 13.3 Å². The van der Waals surface area contributed by atoms with Crippen molar-refractivity contribution in [2.45, 2.75) is 26.4 Å². The topological polar surface area (TPSA) is 84.3 Å². The summed E-state index contributed by atoms with van der Waals surface area (Å²) in [5, 5.41) is 14.6. The van der Waals surface area contributed by atoms with Gasteiger partial charge in [0, 0.05) is 17.6 Å². The first-order valence-corrected chi connectivity index (χ1v) is 9.70. The molecule has 1 fully saturated rings. The normalized spacial score (nSPS) is 18.1. The number of anilines is 1. The number of hydrogen-bond acceptors (Lipinski definition) is 4. The van der Waals surface area contributed by atoms with E-state index in [-0.39, 0.29) is 18.1 Å². The van der Waals surface area contributed by atoms with Crippen LogP contribution in [0.5, 0.6) is 5.75 Å². The Morgan fingerprint density at radius 3 is 2.97 bits per heavy atom. The molecule has 154 valence electrons. The van der Waals surface area contributed by atoms with E-state index in [1.807, 2.05) is 12.1 Å². The van der Waals surface area contributed by atoms with E-state index in [2.05, 4.69) is 20.6 Å². The zero-order chi connectivity index (χ0) is 21.0. The predicted octanol–water partition coefficient (Wildman–Crippen LogP) is 4.02. The third kappa shape index (κ3) is 2.89. The van der Waals surface area contributed by atoms with Crippen LogP contribution in [0.2, 0.25) is 0 Å².